The maximum absolute atomic E-state index is 12.9. The van der Waals surface area contributed by atoms with Crippen LogP contribution in [0.3, 0.4) is 0 Å². The molecule has 1 aromatic heterocycles. The van der Waals surface area contributed by atoms with Gasteiger partial charge in [0.25, 0.3) is 0 Å². The lowest BCUT2D eigenvalue weighted by atomic mass is 9.86. The highest BCUT2D eigenvalue weighted by molar-refractivity contribution is 8.00. The van der Waals surface area contributed by atoms with Gasteiger partial charge in [-0.1, -0.05) is 36.4 Å². The maximum atomic E-state index is 12.9. The van der Waals surface area contributed by atoms with Gasteiger partial charge in [-0.2, -0.15) is 13.2 Å². The second kappa shape index (κ2) is 7.08. The van der Waals surface area contributed by atoms with Crippen molar-refractivity contribution in [3.05, 3.63) is 89.5 Å². The number of alkyl halides is 3. The van der Waals surface area contributed by atoms with Gasteiger partial charge >= 0.3 is 6.18 Å². The van der Waals surface area contributed by atoms with Crippen LogP contribution >= 0.6 is 11.8 Å². The molecule has 27 heavy (non-hydrogen) atoms. The molecule has 140 valence electrons. The molecule has 0 spiro atoms. The zero-order valence-corrected chi connectivity index (χ0v) is 15.4. The zero-order valence-electron chi connectivity index (χ0n) is 14.6. The highest BCUT2D eigenvalue weighted by Crippen LogP contribution is 2.46. The van der Waals surface area contributed by atoms with Crippen LogP contribution in [0, 0.1) is 0 Å². The summed E-state index contributed by atoms with van der Waals surface area (Å²) in [5, 5.41) is 0. The lowest BCUT2D eigenvalue weighted by Gasteiger charge is -2.39. The quantitative estimate of drug-likeness (QED) is 0.601. The lowest BCUT2D eigenvalue weighted by molar-refractivity contribution is -0.137. The van der Waals surface area contributed by atoms with E-state index in [9.17, 15) is 13.2 Å². The van der Waals surface area contributed by atoms with Gasteiger partial charge in [0.15, 0.2) is 0 Å². The van der Waals surface area contributed by atoms with Crippen LogP contribution in [0.1, 0.15) is 22.3 Å². The molecule has 1 aliphatic heterocycles. The standard InChI is InChI=1S/C21H19F3N2S/c22-21(23,24)18-7-5-16(6-8-18)13-20(14-26-11-10-25-15-26)19-4-2-1-3-17(19)9-12-27-20/h1-8,10-11,15H,9,12-14H2. The molecular weight excluding hydrogens is 369 g/mol. The molecule has 6 heteroatoms. The number of thioether (sulfide) groups is 1. The zero-order chi connectivity index (χ0) is 18.9. The van der Waals surface area contributed by atoms with E-state index in [1.807, 2.05) is 24.0 Å². The molecular formula is C21H19F3N2S. The van der Waals surface area contributed by atoms with Gasteiger partial charge in [-0.05, 0) is 47.4 Å². The van der Waals surface area contributed by atoms with Gasteiger partial charge in [0.2, 0.25) is 0 Å². The molecule has 3 aromatic rings. The van der Waals surface area contributed by atoms with Gasteiger partial charge in [-0.15, -0.1) is 11.8 Å². The molecule has 2 nitrogen and oxygen atoms in total. The van der Waals surface area contributed by atoms with Crippen molar-refractivity contribution in [1.29, 1.82) is 0 Å². The summed E-state index contributed by atoms with van der Waals surface area (Å²) in [5.41, 5.74) is 2.90. The molecule has 0 radical (unpaired) electrons. The highest BCUT2D eigenvalue weighted by atomic mass is 32.2. The summed E-state index contributed by atoms with van der Waals surface area (Å²) in [5.74, 6) is 0.992. The van der Waals surface area contributed by atoms with E-state index in [2.05, 4.69) is 27.8 Å². The first kappa shape index (κ1) is 18.2. The molecule has 4 rings (SSSR count). The van der Waals surface area contributed by atoms with E-state index in [1.165, 1.54) is 23.3 Å². The molecule has 2 aromatic carbocycles. The molecule has 0 saturated carbocycles. The molecule has 0 bridgehead atoms. The van der Waals surface area contributed by atoms with Crippen molar-refractivity contribution in [3.8, 4) is 0 Å². The topological polar surface area (TPSA) is 17.8 Å². The third kappa shape index (κ3) is 3.76. The van der Waals surface area contributed by atoms with Crippen molar-refractivity contribution in [2.45, 2.75) is 30.3 Å². The van der Waals surface area contributed by atoms with E-state index >= 15 is 0 Å². The first-order chi connectivity index (χ1) is 13.0. The van der Waals surface area contributed by atoms with Gasteiger partial charge in [0.05, 0.1) is 16.6 Å². The summed E-state index contributed by atoms with van der Waals surface area (Å²) in [6.45, 7) is 0.732. The number of hydrogen-bond acceptors (Lipinski definition) is 2. The lowest BCUT2D eigenvalue weighted by Crippen LogP contribution is -2.35. The second-order valence-electron chi connectivity index (χ2n) is 6.86. The second-order valence-corrected chi connectivity index (χ2v) is 8.33. The molecule has 0 amide bonds. The molecule has 0 fully saturated rings. The summed E-state index contributed by atoms with van der Waals surface area (Å²) in [7, 11) is 0. The fourth-order valence-corrected chi connectivity index (χ4v) is 5.34. The number of imidazole rings is 1. The van der Waals surface area contributed by atoms with Crippen molar-refractivity contribution in [2.75, 3.05) is 5.75 Å². The number of aromatic nitrogens is 2. The average molecular weight is 388 g/mol. The Balaban J connectivity index is 1.72. The Hall–Kier alpha value is -2.21. The Morgan fingerprint density at radius 2 is 1.85 bits per heavy atom. The number of halogens is 3. The predicted molar refractivity (Wildman–Crippen MR) is 102 cm³/mol. The summed E-state index contributed by atoms with van der Waals surface area (Å²) >= 11 is 1.89. The Bertz CT molecular complexity index is 904. The summed E-state index contributed by atoms with van der Waals surface area (Å²) in [4.78, 5) is 4.15. The van der Waals surface area contributed by atoms with Crippen LogP contribution in [-0.4, -0.2) is 15.3 Å². The SMILES string of the molecule is FC(F)(F)c1ccc(CC2(Cn3ccnc3)SCCc3ccccc32)cc1. The van der Waals surface area contributed by atoms with Crippen LogP contribution in [0.15, 0.2) is 67.3 Å². The van der Waals surface area contributed by atoms with Crippen LogP contribution in [0.4, 0.5) is 13.2 Å². The Kier molecular flexibility index (Phi) is 4.76. The molecule has 1 unspecified atom stereocenters. The Morgan fingerprint density at radius 1 is 1.07 bits per heavy atom. The van der Waals surface area contributed by atoms with E-state index < -0.39 is 11.7 Å². The van der Waals surface area contributed by atoms with Crippen LogP contribution in [0.2, 0.25) is 0 Å². The number of fused-ring (bicyclic) bond motifs is 1. The van der Waals surface area contributed by atoms with Crippen molar-refractivity contribution in [1.82, 2.24) is 9.55 Å². The van der Waals surface area contributed by atoms with E-state index in [0.29, 0.717) is 6.42 Å². The molecule has 2 heterocycles. The van der Waals surface area contributed by atoms with Crippen LogP contribution in [0.25, 0.3) is 0 Å². The van der Waals surface area contributed by atoms with Crippen LogP contribution in [-0.2, 0) is 30.3 Å². The fraction of sp³-hybridized carbons (Fsp3) is 0.286. The number of rotatable bonds is 4. The number of nitrogens with zero attached hydrogens (tertiary/aromatic N) is 2. The number of hydrogen-bond donors (Lipinski definition) is 0. The largest absolute Gasteiger partial charge is 0.416 e. The Morgan fingerprint density at radius 3 is 2.56 bits per heavy atom. The third-order valence-corrected chi connectivity index (χ3v) is 6.48. The smallest absolute Gasteiger partial charge is 0.336 e. The highest BCUT2D eigenvalue weighted by Gasteiger charge is 2.38. The molecule has 0 saturated heterocycles. The van der Waals surface area contributed by atoms with Gasteiger partial charge < -0.3 is 4.57 Å². The first-order valence-corrected chi connectivity index (χ1v) is 9.79. The minimum Gasteiger partial charge on any atom is -0.336 e. The Labute approximate surface area is 160 Å². The molecule has 1 aliphatic rings. The van der Waals surface area contributed by atoms with Crippen molar-refractivity contribution in [2.24, 2.45) is 0 Å². The van der Waals surface area contributed by atoms with Crippen molar-refractivity contribution >= 4 is 11.8 Å². The predicted octanol–water partition coefficient (Wildman–Crippen LogP) is 5.33. The van der Waals surface area contributed by atoms with Crippen molar-refractivity contribution < 1.29 is 13.2 Å². The van der Waals surface area contributed by atoms with Gasteiger partial charge in [0.1, 0.15) is 0 Å². The minimum atomic E-state index is -4.31. The monoisotopic (exact) mass is 388 g/mol. The van der Waals surface area contributed by atoms with Crippen LogP contribution in [0.5, 0.6) is 0 Å². The summed E-state index contributed by atoms with van der Waals surface area (Å²) < 4.78 is 40.5. The molecule has 0 aliphatic carbocycles. The minimum absolute atomic E-state index is 0.227. The normalized spacial score (nSPS) is 19.7. The van der Waals surface area contributed by atoms with E-state index in [0.717, 1.165) is 24.3 Å². The summed E-state index contributed by atoms with van der Waals surface area (Å²) in [6.07, 6.45) is 2.87. The van der Waals surface area contributed by atoms with Gasteiger partial charge in [-0.3, -0.25) is 0 Å². The third-order valence-electron chi connectivity index (χ3n) is 5.03. The maximum Gasteiger partial charge on any atom is 0.416 e. The summed E-state index contributed by atoms with van der Waals surface area (Å²) in [6, 6.07) is 14.0. The number of aryl methyl sites for hydroxylation is 1. The van der Waals surface area contributed by atoms with Gasteiger partial charge in [0, 0.05) is 18.9 Å². The average Bonchev–Trinajstić information content (AvgIpc) is 3.15. The fourth-order valence-electron chi connectivity index (χ4n) is 3.77. The van der Waals surface area contributed by atoms with E-state index in [1.54, 1.807) is 24.7 Å². The van der Waals surface area contributed by atoms with E-state index in [4.69, 9.17) is 0 Å². The van der Waals surface area contributed by atoms with Gasteiger partial charge in [-0.25, -0.2) is 4.98 Å². The van der Waals surface area contributed by atoms with Crippen molar-refractivity contribution in [3.63, 3.8) is 0 Å². The van der Waals surface area contributed by atoms with Crippen LogP contribution < -0.4 is 0 Å². The van der Waals surface area contributed by atoms with E-state index in [-0.39, 0.29) is 4.75 Å². The number of benzene rings is 2. The molecule has 1 atom stereocenters. The molecule has 0 N–H and O–H groups in total. The first-order valence-electron chi connectivity index (χ1n) is 8.81.